The highest BCUT2D eigenvalue weighted by molar-refractivity contribution is 6.30. The maximum atomic E-state index is 6.26. The number of benzene rings is 1. The molecule has 2 heterocycles. The highest BCUT2D eigenvalue weighted by atomic mass is 35.5. The Morgan fingerprint density at radius 3 is 2.74 bits per heavy atom. The van der Waals surface area contributed by atoms with E-state index in [-0.39, 0.29) is 5.41 Å². The van der Waals surface area contributed by atoms with Crippen molar-refractivity contribution in [3.63, 3.8) is 0 Å². The lowest BCUT2D eigenvalue weighted by Crippen LogP contribution is -2.47. The molecule has 1 fully saturated rings. The number of rotatable bonds is 3. The monoisotopic (exact) mass is 385 g/mol. The first-order valence-corrected chi connectivity index (χ1v) is 10.2. The topological polar surface area (TPSA) is 81.1 Å². The summed E-state index contributed by atoms with van der Waals surface area (Å²) in [6.45, 7) is 4.69. The first-order chi connectivity index (χ1) is 13.0. The normalized spacial score (nSPS) is 26.0. The van der Waals surface area contributed by atoms with Crippen molar-refractivity contribution in [2.45, 2.75) is 57.0 Å². The number of fused-ring (bicyclic) bond motifs is 1. The van der Waals surface area contributed by atoms with E-state index >= 15 is 0 Å². The molecular weight excluding hydrogens is 358 g/mol. The zero-order valence-electron chi connectivity index (χ0n) is 15.9. The summed E-state index contributed by atoms with van der Waals surface area (Å²) < 4.78 is 0. The molecule has 0 saturated heterocycles. The van der Waals surface area contributed by atoms with Gasteiger partial charge in [-0.1, -0.05) is 23.7 Å². The fourth-order valence-corrected chi connectivity index (χ4v) is 5.07. The zero-order chi connectivity index (χ0) is 19.0. The second-order valence-corrected chi connectivity index (χ2v) is 8.48. The molecule has 1 aromatic heterocycles. The van der Waals surface area contributed by atoms with E-state index < -0.39 is 0 Å². The van der Waals surface area contributed by atoms with E-state index in [0.29, 0.717) is 18.5 Å². The van der Waals surface area contributed by atoms with Crippen molar-refractivity contribution < 1.29 is 0 Å². The van der Waals surface area contributed by atoms with Crippen molar-refractivity contribution in [1.82, 2.24) is 14.9 Å². The summed E-state index contributed by atoms with van der Waals surface area (Å²) in [4.78, 5) is 11.4. The quantitative estimate of drug-likeness (QED) is 0.847. The van der Waals surface area contributed by atoms with Crippen molar-refractivity contribution in [1.29, 1.82) is 0 Å². The molecule has 0 atom stereocenters. The number of nitrogens with zero attached hydrogens (tertiary/aromatic N) is 3. The van der Waals surface area contributed by atoms with Crippen LogP contribution in [0, 0.1) is 6.92 Å². The maximum Gasteiger partial charge on any atom is 0.220 e. The van der Waals surface area contributed by atoms with E-state index in [1.165, 1.54) is 11.1 Å². The van der Waals surface area contributed by atoms with Crippen LogP contribution in [0.1, 0.15) is 48.2 Å². The van der Waals surface area contributed by atoms with Crippen LogP contribution in [-0.4, -0.2) is 34.0 Å². The number of aryl methyl sites for hydroxylation is 1. The van der Waals surface area contributed by atoms with E-state index in [0.717, 1.165) is 61.6 Å². The van der Waals surface area contributed by atoms with Gasteiger partial charge in [0.2, 0.25) is 5.95 Å². The molecule has 4 rings (SSSR count). The van der Waals surface area contributed by atoms with Gasteiger partial charge in [0.05, 0.1) is 5.69 Å². The zero-order valence-corrected chi connectivity index (χ0v) is 16.7. The second kappa shape index (κ2) is 7.38. The standard InChI is InChI=1S/C21H28ClN5/c1-14-18-12-27(10-7-19(18)26-20(24)25-14)17-5-8-21(13-23,9-6-17)15-3-2-4-16(22)11-15/h2-4,11,17H,5-10,12-13,23H2,1H3,(H2,24,25,26)/t17-,21-. The van der Waals surface area contributed by atoms with Gasteiger partial charge in [-0.2, -0.15) is 0 Å². The number of anilines is 1. The van der Waals surface area contributed by atoms with Crippen LogP contribution in [0.2, 0.25) is 5.02 Å². The van der Waals surface area contributed by atoms with Crippen LogP contribution in [0.3, 0.4) is 0 Å². The van der Waals surface area contributed by atoms with Crippen molar-refractivity contribution in [3.05, 3.63) is 51.8 Å². The fraction of sp³-hybridized carbons (Fsp3) is 0.524. The Morgan fingerprint density at radius 1 is 1.26 bits per heavy atom. The number of aromatic nitrogens is 2. The molecule has 27 heavy (non-hydrogen) atoms. The average Bonchev–Trinajstić information content (AvgIpc) is 2.68. The van der Waals surface area contributed by atoms with Gasteiger partial charge in [-0.25, -0.2) is 9.97 Å². The molecular formula is C21H28ClN5. The van der Waals surface area contributed by atoms with Crippen LogP contribution in [0.15, 0.2) is 24.3 Å². The molecule has 1 aliphatic heterocycles. The molecule has 4 N–H and O–H groups in total. The van der Waals surface area contributed by atoms with Gasteiger partial charge in [-0.15, -0.1) is 0 Å². The molecule has 1 aromatic carbocycles. The Balaban J connectivity index is 1.48. The maximum absolute atomic E-state index is 6.26. The van der Waals surface area contributed by atoms with E-state index in [2.05, 4.69) is 27.0 Å². The lowest BCUT2D eigenvalue weighted by atomic mass is 9.68. The van der Waals surface area contributed by atoms with E-state index in [1.54, 1.807) is 0 Å². The largest absolute Gasteiger partial charge is 0.368 e. The van der Waals surface area contributed by atoms with Gasteiger partial charge in [0.25, 0.3) is 0 Å². The minimum atomic E-state index is 0.0581. The number of hydrogen-bond acceptors (Lipinski definition) is 5. The number of halogens is 1. The summed E-state index contributed by atoms with van der Waals surface area (Å²) in [7, 11) is 0. The molecule has 2 aliphatic rings. The van der Waals surface area contributed by atoms with Crippen molar-refractivity contribution >= 4 is 17.5 Å². The number of nitrogens with two attached hydrogens (primary N) is 2. The SMILES string of the molecule is Cc1nc(N)nc2c1CN([C@H]1CC[C@](CN)(c3cccc(Cl)c3)CC1)CC2. The lowest BCUT2D eigenvalue weighted by molar-refractivity contribution is 0.112. The Labute approximate surface area is 166 Å². The smallest absolute Gasteiger partial charge is 0.220 e. The molecule has 0 spiro atoms. The van der Waals surface area contributed by atoms with Crippen LogP contribution < -0.4 is 11.5 Å². The molecule has 0 bridgehead atoms. The third-order valence-corrected chi connectivity index (χ3v) is 6.81. The molecule has 2 aromatic rings. The third kappa shape index (κ3) is 3.56. The molecule has 0 radical (unpaired) electrons. The van der Waals surface area contributed by atoms with Gasteiger partial charge in [0.1, 0.15) is 0 Å². The molecule has 1 saturated carbocycles. The van der Waals surface area contributed by atoms with Gasteiger partial charge < -0.3 is 11.5 Å². The van der Waals surface area contributed by atoms with Gasteiger partial charge in [0, 0.05) is 53.8 Å². The van der Waals surface area contributed by atoms with Crippen LogP contribution in [0.5, 0.6) is 0 Å². The molecule has 5 nitrogen and oxygen atoms in total. The highest BCUT2D eigenvalue weighted by Gasteiger charge is 2.38. The Morgan fingerprint density at radius 2 is 2.04 bits per heavy atom. The van der Waals surface area contributed by atoms with Gasteiger partial charge in [-0.05, 0) is 50.3 Å². The van der Waals surface area contributed by atoms with Crippen LogP contribution in [-0.2, 0) is 18.4 Å². The predicted octanol–water partition coefficient (Wildman–Crippen LogP) is 3.22. The summed E-state index contributed by atoms with van der Waals surface area (Å²) in [6.07, 6.45) is 5.49. The van der Waals surface area contributed by atoms with Crippen molar-refractivity contribution in [2.75, 3.05) is 18.8 Å². The highest BCUT2D eigenvalue weighted by Crippen LogP contribution is 2.41. The summed E-state index contributed by atoms with van der Waals surface area (Å²) in [5.41, 5.74) is 16.8. The second-order valence-electron chi connectivity index (χ2n) is 8.04. The Bertz CT molecular complexity index is 829. The van der Waals surface area contributed by atoms with E-state index in [4.69, 9.17) is 23.1 Å². The summed E-state index contributed by atoms with van der Waals surface area (Å²) >= 11 is 6.24. The molecule has 6 heteroatoms. The average molecular weight is 386 g/mol. The summed E-state index contributed by atoms with van der Waals surface area (Å²) in [6, 6.07) is 8.84. The lowest BCUT2D eigenvalue weighted by Gasteiger charge is -2.44. The van der Waals surface area contributed by atoms with Gasteiger partial charge in [-0.3, -0.25) is 4.90 Å². The van der Waals surface area contributed by atoms with Crippen LogP contribution >= 0.6 is 11.6 Å². The van der Waals surface area contributed by atoms with Crippen molar-refractivity contribution in [3.8, 4) is 0 Å². The Hall–Kier alpha value is -1.69. The number of nitrogen functional groups attached to an aromatic ring is 1. The van der Waals surface area contributed by atoms with Crippen LogP contribution in [0.25, 0.3) is 0 Å². The summed E-state index contributed by atoms with van der Waals surface area (Å²) in [5.74, 6) is 0.395. The van der Waals surface area contributed by atoms with E-state index in [9.17, 15) is 0 Å². The van der Waals surface area contributed by atoms with Gasteiger partial charge in [0.15, 0.2) is 0 Å². The summed E-state index contributed by atoms with van der Waals surface area (Å²) in [5, 5.41) is 0.796. The molecule has 144 valence electrons. The van der Waals surface area contributed by atoms with Gasteiger partial charge >= 0.3 is 0 Å². The van der Waals surface area contributed by atoms with Crippen molar-refractivity contribution in [2.24, 2.45) is 5.73 Å². The molecule has 0 unspecified atom stereocenters. The third-order valence-electron chi connectivity index (χ3n) is 6.57. The van der Waals surface area contributed by atoms with Crippen LogP contribution in [0.4, 0.5) is 5.95 Å². The fourth-order valence-electron chi connectivity index (χ4n) is 4.88. The Kier molecular flexibility index (Phi) is 5.10. The molecule has 1 aliphatic carbocycles. The molecule has 0 amide bonds. The minimum Gasteiger partial charge on any atom is -0.368 e. The predicted molar refractivity (Wildman–Crippen MR) is 110 cm³/mol. The number of hydrogen-bond donors (Lipinski definition) is 2. The minimum absolute atomic E-state index is 0.0581. The first-order valence-electron chi connectivity index (χ1n) is 9.83. The first kappa shape index (κ1) is 18.7. The van der Waals surface area contributed by atoms with E-state index in [1.807, 2.05) is 19.1 Å².